The number of sulfonamides is 1. The van der Waals surface area contributed by atoms with Gasteiger partial charge in [-0.3, -0.25) is 9.69 Å². The van der Waals surface area contributed by atoms with Gasteiger partial charge in [-0.05, 0) is 76.3 Å². The summed E-state index contributed by atoms with van der Waals surface area (Å²) in [7, 11) is 3.22. The zero-order valence-corrected chi connectivity index (χ0v) is 22.6. The third-order valence-electron chi connectivity index (χ3n) is 6.23. The van der Waals surface area contributed by atoms with Crippen LogP contribution in [0.1, 0.15) is 19.3 Å². The lowest BCUT2D eigenvalue weighted by Crippen LogP contribution is -2.48. The maximum atomic E-state index is 14.0. The van der Waals surface area contributed by atoms with E-state index in [-0.39, 0.29) is 10.8 Å². The van der Waals surface area contributed by atoms with Gasteiger partial charge in [0, 0.05) is 13.1 Å². The standard InChI is InChI=1S/C25H32N4O5S2/c1-27(2)15-7-16-28(25-26-23-21(34-4)9-5-10-22(23)35-25)24(30)20-8-6-17-29(20)36(31,32)19-13-11-18(33-3)12-14-19/h5,9-14,20H,6-8,15-17H2,1-4H3. The van der Waals surface area contributed by atoms with Crippen LogP contribution in [-0.4, -0.2) is 82.5 Å². The second-order valence-corrected chi connectivity index (χ2v) is 11.8. The summed E-state index contributed by atoms with van der Waals surface area (Å²) in [4.78, 5) is 22.6. The first kappa shape index (κ1) is 26.3. The van der Waals surface area contributed by atoms with Crippen LogP contribution in [0.3, 0.4) is 0 Å². The predicted molar refractivity (Wildman–Crippen MR) is 142 cm³/mol. The fourth-order valence-corrected chi connectivity index (χ4v) is 7.04. The summed E-state index contributed by atoms with van der Waals surface area (Å²) in [5.74, 6) is 0.961. The number of ether oxygens (including phenoxy) is 2. The molecule has 9 nitrogen and oxygen atoms in total. The van der Waals surface area contributed by atoms with E-state index >= 15 is 0 Å². The normalized spacial score (nSPS) is 16.5. The molecule has 1 fully saturated rings. The Labute approximate surface area is 216 Å². The van der Waals surface area contributed by atoms with E-state index in [1.54, 1.807) is 24.1 Å². The lowest BCUT2D eigenvalue weighted by atomic mass is 10.2. The van der Waals surface area contributed by atoms with Crippen molar-refractivity contribution in [2.45, 2.75) is 30.2 Å². The molecular weight excluding hydrogens is 500 g/mol. The van der Waals surface area contributed by atoms with Crippen LogP contribution in [0.4, 0.5) is 5.13 Å². The van der Waals surface area contributed by atoms with E-state index in [1.165, 1.54) is 34.9 Å². The van der Waals surface area contributed by atoms with E-state index in [1.807, 2.05) is 32.3 Å². The van der Waals surface area contributed by atoms with Gasteiger partial charge in [0.25, 0.3) is 0 Å². The summed E-state index contributed by atoms with van der Waals surface area (Å²) in [6, 6.07) is 11.1. The Morgan fingerprint density at radius 1 is 1.11 bits per heavy atom. The molecule has 0 spiro atoms. The number of benzene rings is 2. The number of thiazole rings is 1. The molecule has 1 aliphatic rings. The molecule has 1 atom stereocenters. The third kappa shape index (κ3) is 5.34. The van der Waals surface area contributed by atoms with E-state index in [2.05, 4.69) is 4.90 Å². The molecule has 1 saturated heterocycles. The first-order valence-corrected chi connectivity index (χ1v) is 14.1. The molecule has 11 heteroatoms. The molecule has 36 heavy (non-hydrogen) atoms. The van der Waals surface area contributed by atoms with Crippen molar-refractivity contribution in [3.63, 3.8) is 0 Å². The number of nitrogens with zero attached hydrogens (tertiary/aromatic N) is 4. The number of hydrogen-bond acceptors (Lipinski definition) is 8. The minimum absolute atomic E-state index is 0.145. The lowest BCUT2D eigenvalue weighted by Gasteiger charge is -2.29. The molecule has 0 radical (unpaired) electrons. The van der Waals surface area contributed by atoms with Crippen LogP contribution in [0.5, 0.6) is 11.5 Å². The quantitative estimate of drug-likeness (QED) is 0.395. The van der Waals surface area contributed by atoms with Gasteiger partial charge in [0.1, 0.15) is 23.1 Å². The minimum atomic E-state index is -3.86. The predicted octanol–water partition coefficient (Wildman–Crippen LogP) is 3.45. The van der Waals surface area contributed by atoms with Gasteiger partial charge in [0.2, 0.25) is 15.9 Å². The van der Waals surface area contributed by atoms with E-state index in [9.17, 15) is 13.2 Å². The smallest absolute Gasteiger partial charge is 0.247 e. The molecular formula is C25H32N4O5S2. The molecule has 0 aliphatic carbocycles. The highest BCUT2D eigenvalue weighted by Crippen LogP contribution is 2.36. The summed E-state index contributed by atoms with van der Waals surface area (Å²) in [6.07, 6.45) is 1.81. The topological polar surface area (TPSA) is 92.3 Å². The van der Waals surface area contributed by atoms with E-state index in [4.69, 9.17) is 14.5 Å². The summed E-state index contributed by atoms with van der Waals surface area (Å²) in [6.45, 7) is 1.52. The van der Waals surface area contributed by atoms with Crippen LogP contribution >= 0.6 is 11.3 Å². The van der Waals surface area contributed by atoms with Crippen LogP contribution < -0.4 is 14.4 Å². The van der Waals surface area contributed by atoms with Gasteiger partial charge >= 0.3 is 0 Å². The average molecular weight is 533 g/mol. The van der Waals surface area contributed by atoms with E-state index < -0.39 is 16.1 Å². The van der Waals surface area contributed by atoms with Crippen molar-refractivity contribution in [2.75, 3.05) is 52.8 Å². The summed E-state index contributed by atoms with van der Waals surface area (Å²) in [5, 5.41) is 0.548. The Kier molecular flexibility index (Phi) is 8.13. The molecule has 1 amide bonds. The second-order valence-electron chi connectivity index (χ2n) is 8.90. The maximum Gasteiger partial charge on any atom is 0.247 e. The van der Waals surface area contributed by atoms with E-state index in [0.717, 1.165) is 17.7 Å². The van der Waals surface area contributed by atoms with Crippen molar-refractivity contribution in [1.29, 1.82) is 0 Å². The Morgan fingerprint density at radius 2 is 1.86 bits per heavy atom. The average Bonchev–Trinajstić information content (AvgIpc) is 3.54. The monoisotopic (exact) mass is 532 g/mol. The van der Waals surface area contributed by atoms with Gasteiger partial charge in [0.15, 0.2) is 5.13 Å². The van der Waals surface area contributed by atoms with Gasteiger partial charge in [-0.15, -0.1) is 0 Å². The van der Waals surface area contributed by atoms with Crippen LogP contribution in [-0.2, 0) is 14.8 Å². The summed E-state index contributed by atoms with van der Waals surface area (Å²) in [5.41, 5.74) is 0.694. The van der Waals surface area contributed by atoms with Crippen molar-refractivity contribution in [2.24, 2.45) is 0 Å². The Balaban J connectivity index is 1.66. The molecule has 1 aromatic heterocycles. The highest BCUT2D eigenvalue weighted by molar-refractivity contribution is 7.89. The first-order valence-electron chi connectivity index (χ1n) is 11.8. The number of rotatable bonds is 10. The summed E-state index contributed by atoms with van der Waals surface area (Å²) >= 11 is 1.41. The van der Waals surface area contributed by atoms with Crippen molar-refractivity contribution in [3.05, 3.63) is 42.5 Å². The van der Waals surface area contributed by atoms with Gasteiger partial charge < -0.3 is 14.4 Å². The van der Waals surface area contributed by atoms with Gasteiger partial charge in [-0.25, -0.2) is 13.4 Å². The molecule has 4 rings (SSSR count). The molecule has 3 aromatic rings. The van der Waals surface area contributed by atoms with Gasteiger partial charge in [-0.2, -0.15) is 4.31 Å². The third-order valence-corrected chi connectivity index (χ3v) is 9.20. The van der Waals surface area contributed by atoms with Crippen LogP contribution in [0.2, 0.25) is 0 Å². The Bertz CT molecular complexity index is 1310. The van der Waals surface area contributed by atoms with Crippen LogP contribution in [0.25, 0.3) is 10.2 Å². The summed E-state index contributed by atoms with van der Waals surface area (Å²) < 4.78 is 39.9. The van der Waals surface area contributed by atoms with Crippen molar-refractivity contribution >= 4 is 42.6 Å². The highest BCUT2D eigenvalue weighted by Gasteiger charge is 2.42. The number of anilines is 1. The number of methoxy groups -OCH3 is 2. The Morgan fingerprint density at radius 3 is 2.53 bits per heavy atom. The molecule has 1 unspecified atom stereocenters. The van der Waals surface area contributed by atoms with Crippen LogP contribution in [0.15, 0.2) is 47.4 Å². The number of amides is 1. The molecule has 2 heterocycles. The SMILES string of the molecule is COc1ccc(S(=O)(=O)N2CCCC2C(=O)N(CCCN(C)C)c2nc3c(OC)cccc3s2)cc1. The molecule has 0 saturated carbocycles. The first-order chi connectivity index (χ1) is 17.3. The second kappa shape index (κ2) is 11.1. The zero-order chi connectivity index (χ0) is 25.9. The van der Waals surface area contributed by atoms with Crippen molar-refractivity contribution in [3.8, 4) is 11.5 Å². The van der Waals surface area contributed by atoms with Crippen LogP contribution in [0, 0.1) is 0 Å². The van der Waals surface area contributed by atoms with E-state index in [0.29, 0.717) is 48.1 Å². The van der Waals surface area contributed by atoms with Crippen molar-refractivity contribution in [1.82, 2.24) is 14.2 Å². The number of carbonyl (C=O) groups is 1. The molecule has 2 aromatic carbocycles. The fourth-order valence-electron chi connectivity index (χ4n) is 4.37. The number of para-hydroxylation sites is 1. The lowest BCUT2D eigenvalue weighted by molar-refractivity contribution is -0.121. The Hall–Kier alpha value is -2.73. The largest absolute Gasteiger partial charge is 0.497 e. The highest BCUT2D eigenvalue weighted by atomic mass is 32.2. The van der Waals surface area contributed by atoms with Gasteiger partial charge in [0.05, 0.1) is 23.8 Å². The molecule has 0 bridgehead atoms. The number of aromatic nitrogens is 1. The molecule has 194 valence electrons. The number of carbonyl (C=O) groups excluding carboxylic acids is 1. The number of fused-ring (bicyclic) bond motifs is 1. The zero-order valence-electron chi connectivity index (χ0n) is 21.0. The molecule has 0 N–H and O–H groups in total. The number of hydrogen-bond donors (Lipinski definition) is 0. The fraction of sp³-hybridized carbons (Fsp3) is 0.440. The maximum absolute atomic E-state index is 14.0. The van der Waals surface area contributed by atoms with Crippen molar-refractivity contribution < 1.29 is 22.7 Å². The van der Waals surface area contributed by atoms with Gasteiger partial charge in [-0.1, -0.05) is 17.4 Å². The minimum Gasteiger partial charge on any atom is -0.497 e. The molecule has 1 aliphatic heterocycles.